The van der Waals surface area contributed by atoms with Crippen LogP contribution in [0.4, 0.5) is 0 Å². The number of benzene rings is 3. The van der Waals surface area contributed by atoms with E-state index in [2.05, 4.69) is 0 Å². The predicted octanol–water partition coefficient (Wildman–Crippen LogP) is 6.75. The van der Waals surface area contributed by atoms with Crippen LogP contribution in [0, 0.1) is 0 Å². The quantitative estimate of drug-likeness (QED) is 0.273. The van der Waals surface area contributed by atoms with Gasteiger partial charge in [-0.25, -0.2) is 0 Å². The maximum Gasteiger partial charge on any atom is 0.222 e. The van der Waals surface area contributed by atoms with Crippen molar-refractivity contribution in [1.29, 1.82) is 0 Å². The number of carbonyl (C=O) groups is 2. The van der Waals surface area contributed by atoms with Crippen molar-refractivity contribution in [3.8, 4) is 16.2 Å². The Kier molecular flexibility index (Phi) is 6.96. The van der Waals surface area contributed by atoms with Crippen molar-refractivity contribution in [3.63, 3.8) is 0 Å². The van der Waals surface area contributed by atoms with Crippen LogP contribution in [0.3, 0.4) is 0 Å². The summed E-state index contributed by atoms with van der Waals surface area (Å²) in [4.78, 5) is 29.2. The van der Waals surface area contributed by atoms with Gasteiger partial charge in [-0.05, 0) is 55.0 Å². The molecule has 0 aliphatic carbocycles. The molecule has 0 saturated carbocycles. The lowest BCUT2D eigenvalue weighted by Crippen LogP contribution is -2.35. The Morgan fingerprint density at radius 1 is 0.914 bits per heavy atom. The van der Waals surface area contributed by atoms with E-state index in [1.807, 2.05) is 77.7 Å². The summed E-state index contributed by atoms with van der Waals surface area (Å²) in [6.07, 6.45) is 4.65. The number of likely N-dealkylation sites (tertiary alicyclic amines) is 1. The van der Waals surface area contributed by atoms with E-state index in [1.54, 1.807) is 18.4 Å². The third-order valence-electron chi connectivity index (χ3n) is 6.71. The number of rotatable bonds is 7. The number of ketones is 1. The van der Waals surface area contributed by atoms with Crippen LogP contribution in [0.1, 0.15) is 47.2 Å². The second kappa shape index (κ2) is 10.4. The second-order valence-electron chi connectivity index (χ2n) is 9.00. The SMILES string of the molecule is COc1ccc2c(C(=O)c3ccc(CCC(=O)N4CCCCC4)cc3)c(-c3ccccc3)sc2c1. The van der Waals surface area contributed by atoms with Gasteiger partial charge in [0.05, 0.1) is 7.11 Å². The highest BCUT2D eigenvalue weighted by molar-refractivity contribution is 7.22. The maximum absolute atomic E-state index is 13.8. The number of piperidine rings is 1. The minimum absolute atomic E-state index is 0.0104. The summed E-state index contributed by atoms with van der Waals surface area (Å²) in [7, 11) is 1.65. The van der Waals surface area contributed by atoms with Crippen LogP contribution >= 0.6 is 11.3 Å². The van der Waals surface area contributed by atoms with Crippen LogP contribution in [0.15, 0.2) is 72.8 Å². The molecule has 1 aromatic heterocycles. The van der Waals surface area contributed by atoms with Crippen molar-refractivity contribution in [1.82, 2.24) is 4.90 Å². The number of aryl methyl sites for hydroxylation is 1. The molecule has 178 valence electrons. The van der Waals surface area contributed by atoms with Crippen molar-refractivity contribution in [3.05, 3.63) is 89.5 Å². The van der Waals surface area contributed by atoms with Crippen molar-refractivity contribution >= 4 is 33.1 Å². The van der Waals surface area contributed by atoms with Crippen molar-refractivity contribution < 1.29 is 14.3 Å². The molecule has 1 aliphatic rings. The smallest absolute Gasteiger partial charge is 0.222 e. The minimum Gasteiger partial charge on any atom is -0.497 e. The molecule has 5 rings (SSSR count). The monoisotopic (exact) mass is 483 g/mol. The Morgan fingerprint density at radius 2 is 1.66 bits per heavy atom. The van der Waals surface area contributed by atoms with E-state index in [4.69, 9.17) is 4.74 Å². The zero-order valence-electron chi connectivity index (χ0n) is 20.0. The summed E-state index contributed by atoms with van der Waals surface area (Å²) in [6.45, 7) is 1.77. The van der Waals surface area contributed by atoms with Gasteiger partial charge in [0.1, 0.15) is 5.75 Å². The zero-order valence-corrected chi connectivity index (χ0v) is 20.8. The Labute approximate surface area is 210 Å². The van der Waals surface area contributed by atoms with Gasteiger partial charge in [-0.1, -0.05) is 54.6 Å². The normalized spacial score (nSPS) is 13.7. The lowest BCUT2D eigenvalue weighted by Gasteiger charge is -2.26. The van der Waals surface area contributed by atoms with Crippen LogP contribution in [-0.4, -0.2) is 36.8 Å². The number of methoxy groups -OCH3 is 1. The molecule has 1 amide bonds. The Bertz CT molecular complexity index is 1340. The number of fused-ring (bicyclic) bond motifs is 1. The first-order valence-corrected chi connectivity index (χ1v) is 13.0. The molecule has 0 unspecified atom stereocenters. The first kappa shape index (κ1) is 23.3. The van der Waals surface area contributed by atoms with E-state index in [0.29, 0.717) is 18.4 Å². The van der Waals surface area contributed by atoms with Gasteiger partial charge in [-0.2, -0.15) is 0 Å². The molecule has 1 fully saturated rings. The fourth-order valence-corrected chi connectivity index (χ4v) is 5.98. The van der Waals surface area contributed by atoms with Crippen molar-refractivity contribution in [2.75, 3.05) is 20.2 Å². The van der Waals surface area contributed by atoms with Gasteiger partial charge >= 0.3 is 0 Å². The summed E-state index contributed by atoms with van der Waals surface area (Å²) in [5.74, 6) is 1.02. The number of nitrogens with zero attached hydrogens (tertiary/aromatic N) is 1. The topological polar surface area (TPSA) is 46.6 Å². The molecular weight excluding hydrogens is 454 g/mol. The van der Waals surface area contributed by atoms with Gasteiger partial charge in [0, 0.05) is 45.6 Å². The van der Waals surface area contributed by atoms with Crippen molar-refractivity contribution in [2.24, 2.45) is 0 Å². The highest BCUT2D eigenvalue weighted by Gasteiger charge is 2.22. The predicted molar refractivity (Wildman–Crippen MR) is 142 cm³/mol. The molecule has 4 nitrogen and oxygen atoms in total. The molecule has 35 heavy (non-hydrogen) atoms. The largest absolute Gasteiger partial charge is 0.497 e. The summed E-state index contributed by atoms with van der Waals surface area (Å²) in [6, 6.07) is 23.7. The van der Waals surface area contributed by atoms with E-state index in [1.165, 1.54) is 6.42 Å². The summed E-state index contributed by atoms with van der Waals surface area (Å²) in [5.41, 5.74) is 3.50. The molecule has 3 aromatic carbocycles. The Hall–Kier alpha value is -3.44. The fourth-order valence-electron chi connectivity index (χ4n) is 4.74. The first-order chi connectivity index (χ1) is 17.1. The van der Waals surface area contributed by atoms with Gasteiger partial charge in [-0.3, -0.25) is 9.59 Å². The van der Waals surface area contributed by atoms with Crippen LogP contribution in [0.5, 0.6) is 5.75 Å². The molecule has 5 heteroatoms. The maximum atomic E-state index is 13.8. The number of carbonyl (C=O) groups excluding carboxylic acids is 2. The zero-order chi connectivity index (χ0) is 24.2. The number of hydrogen-bond donors (Lipinski definition) is 0. The third-order valence-corrected chi connectivity index (χ3v) is 7.91. The van der Waals surface area contributed by atoms with E-state index in [-0.39, 0.29) is 11.7 Å². The van der Waals surface area contributed by atoms with Crippen LogP contribution < -0.4 is 4.74 Å². The lowest BCUT2D eigenvalue weighted by atomic mass is 9.96. The average Bonchev–Trinajstić information content (AvgIpc) is 3.31. The lowest BCUT2D eigenvalue weighted by molar-refractivity contribution is -0.132. The van der Waals surface area contributed by atoms with Crippen LogP contribution in [0.25, 0.3) is 20.5 Å². The summed E-state index contributed by atoms with van der Waals surface area (Å²) in [5, 5.41) is 0.941. The number of hydrogen-bond acceptors (Lipinski definition) is 4. The van der Waals surface area contributed by atoms with E-state index in [9.17, 15) is 9.59 Å². The number of amides is 1. The van der Waals surface area contributed by atoms with E-state index >= 15 is 0 Å². The molecule has 1 saturated heterocycles. The highest BCUT2D eigenvalue weighted by atomic mass is 32.1. The Morgan fingerprint density at radius 3 is 2.37 bits per heavy atom. The van der Waals surface area contributed by atoms with Crippen LogP contribution in [-0.2, 0) is 11.2 Å². The second-order valence-corrected chi connectivity index (χ2v) is 10.1. The molecule has 0 N–H and O–H groups in total. The Balaban J connectivity index is 1.40. The van der Waals surface area contributed by atoms with E-state index in [0.717, 1.165) is 63.3 Å². The third kappa shape index (κ3) is 5.01. The first-order valence-electron chi connectivity index (χ1n) is 12.2. The molecule has 0 spiro atoms. The van der Waals surface area contributed by atoms with Crippen LogP contribution in [0.2, 0.25) is 0 Å². The van der Waals surface area contributed by atoms with Gasteiger partial charge in [0.15, 0.2) is 5.78 Å². The van der Waals surface area contributed by atoms with Crippen molar-refractivity contribution in [2.45, 2.75) is 32.1 Å². The minimum atomic E-state index is 0.0104. The molecule has 4 aromatic rings. The number of thiophene rings is 1. The molecule has 0 atom stereocenters. The molecule has 1 aliphatic heterocycles. The standard InChI is InChI=1S/C30H29NO3S/c1-34-24-15-16-25-26(20-24)35-30(23-8-4-2-5-9-23)28(25)29(33)22-13-10-21(11-14-22)12-17-27(32)31-18-6-3-7-19-31/h2,4-5,8-11,13-16,20H,3,6-7,12,17-19H2,1H3. The molecule has 0 radical (unpaired) electrons. The van der Waals surface area contributed by atoms with Gasteiger partial charge in [0.25, 0.3) is 0 Å². The summed E-state index contributed by atoms with van der Waals surface area (Å²) < 4.78 is 6.44. The van der Waals surface area contributed by atoms with Gasteiger partial charge in [0.2, 0.25) is 5.91 Å². The average molecular weight is 484 g/mol. The van der Waals surface area contributed by atoms with E-state index < -0.39 is 0 Å². The van der Waals surface area contributed by atoms with Gasteiger partial charge < -0.3 is 9.64 Å². The van der Waals surface area contributed by atoms with Gasteiger partial charge in [-0.15, -0.1) is 11.3 Å². The molecule has 0 bridgehead atoms. The highest BCUT2D eigenvalue weighted by Crippen LogP contribution is 2.41. The molecular formula is C30H29NO3S. The molecule has 2 heterocycles. The fraction of sp³-hybridized carbons (Fsp3) is 0.267. The summed E-state index contributed by atoms with van der Waals surface area (Å²) >= 11 is 1.61. The number of ether oxygens (including phenoxy) is 1.